The zero-order valence-corrected chi connectivity index (χ0v) is 13.9. The smallest absolute Gasteiger partial charge is 0.263 e. The number of carbonyl (C=O) groups excluding carboxylic acids is 1. The van der Waals surface area contributed by atoms with E-state index in [1.807, 2.05) is 19.2 Å². The van der Waals surface area contributed by atoms with Gasteiger partial charge in [0.1, 0.15) is 22.5 Å². The summed E-state index contributed by atoms with van der Waals surface area (Å²) in [5, 5.41) is 2.31. The first kappa shape index (κ1) is 15.5. The highest BCUT2D eigenvalue weighted by atomic mass is 32.1. The summed E-state index contributed by atoms with van der Waals surface area (Å²) in [4.78, 5) is 29.9. The first-order valence-electron chi connectivity index (χ1n) is 7.28. The molecular formula is C16H17N3O3S. The Morgan fingerprint density at radius 3 is 2.70 bits per heavy atom. The molecule has 7 heteroatoms. The van der Waals surface area contributed by atoms with Gasteiger partial charge in [-0.05, 0) is 19.1 Å². The zero-order valence-electron chi connectivity index (χ0n) is 13.1. The fraction of sp³-hybridized carbons (Fsp3) is 0.312. The molecule has 0 aliphatic rings. The number of primary amides is 1. The van der Waals surface area contributed by atoms with Gasteiger partial charge in [0.15, 0.2) is 0 Å². The van der Waals surface area contributed by atoms with E-state index in [1.54, 1.807) is 25.3 Å². The number of hydrogen-bond acceptors (Lipinski definition) is 5. The van der Waals surface area contributed by atoms with Crippen LogP contribution in [-0.4, -0.2) is 15.5 Å². The molecular weight excluding hydrogens is 314 g/mol. The molecule has 0 saturated carbocycles. The number of fused-ring (bicyclic) bond motifs is 1. The second-order valence-corrected chi connectivity index (χ2v) is 6.54. The quantitative estimate of drug-likeness (QED) is 0.796. The standard InChI is InChI=1S/C16H17N3O3S/c1-8(2)14-18-15-12(16(21)19(14)9(3)13(17)20)10(7-23-15)11-5-4-6-22-11/h4-9H,1-3H3,(H2,17,20). The van der Waals surface area contributed by atoms with E-state index in [9.17, 15) is 9.59 Å². The maximum atomic E-state index is 13.1. The highest BCUT2D eigenvalue weighted by molar-refractivity contribution is 7.17. The topological polar surface area (TPSA) is 91.1 Å². The van der Waals surface area contributed by atoms with Gasteiger partial charge in [0.2, 0.25) is 5.91 Å². The van der Waals surface area contributed by atoms with Crippen LogP contribution in [-0.2, 0) is 4.79 Å². The van der Waals surface area contributed by atoms with Crippen LogP contribution >= 0.6 is 11.3 Å². The van der Waals surface area contributed by atoms with E-state index in [2.05, 4.69) is 4.98 Å². The maximum absolute atomic E-state index is 13.1. The van der Waals surface area contributed by atoms with Gasteiger partial charge >= 0.3 is 0 Å². The van der Waals surface area contributed by atoms with Crippen molar-refractivity contribution in [1.29, 1.82) is 0 Å². The van der Waals surface area contributed by atoms with E-state index in [1.165, 1.54) is 15.9 Å². The van der Waals surface area contributed by atoms with Crippen molar-refractivity contribution in [2.75, 3.05) is 0 Å². The molecule has 0 spiro atoms. The van der Waals surface area contributed by atoms with Crippen LogP contribution in [0, 0.1) is 0 Å². The minimum Gasteiger partial charge on any atom is -0.464 e. The predicted octanol–water partition coefficient (Wildman–Crippen LogP) is 2.89. The van der Waals surface area contributed by atoms with Crippen LogP contribution in [0.2, 0.25) is 0 Å². The molecule has 0 fully saturated rings. The average Bonchev–Trinajstić information content (AvgIpc) is 3.14. The molecule has 2 N–H and O–H groups in total. The van der Waals surface area contributed by atoms with Crippen LogP contribution in [0.25, 0.3) is 21.5 Å². The molecule has 3 rings (SSSR count). The van der Waals surface area contributed by atoms with Gasteiger partial charge in [-0.1, -0.05) is 13.8 Å². The van der Waals surface area contributed by atoms with Crippen LogP contribution in [0.1, 0.15) is 38.6 Å². The number of amides is 1. The van der Waals surface area contributed by atoms with Crippen molar-refractivity contribution >= 4 is 27.5 Å². The number of furan rings is 1. The molecule has 3 aromatic heterocycles. The van der Waals surface area contributed by atoms with E-state index < -0.39 is 11.9 Å². The highest BCUT2D eigenvalue weighted by Crippen LogP contribution is 2.32. The summed E-state index contributed by atoms with van der Waals surface area (Å²) in [5.41, 5.74) is 5.84. The molecule has 23 heavy (non-hydrogen) atoms. The number of aromatic nitrogens is 2. The molecule has 0 aromatic carbocycles. The van der Waals surface area contributed by atoms with Crippen LogP contribution < -0.4 is 11.3 Å². The van der Waals surface area contributed by atoms with E-state index in [0.29, 0.717) is 27.4 Å². The lowest BCUT2D eigenvalue weighted by molar-refractivity contribution is -0.120. The molecule has 3 heterocycles. The Balaban J connectivity index is 2.38. The number of hydrogen-bond donors (Lipinski definition) is 1. The molecule has 0 aliphatic carbocycles. The molecule has 6 nitrogen and oxygen atoms in total. The number of rotatable bonds is 4. The number of nitrogens with two attached hydrogens (primary N) is 1. The minimum absolute atomic E-state index is 0.0111. The number of carbonyl (C=O) groups is 1. The third-order valence-corrected chi connectivity index (χ3v) is 4.64. The highest BCUT2D eigenvalue weighted by Gasteiger charge is 2.24. The molecule has 0 saturated heterocycles. The van der Waals surface area contributed by atoms with Gasteiger partial charge in [-0.15, -0.1) is 11.3 Å². The molecule has 120 valence electrons. The Hall–Kier alpha value is -2.41. The van der Waals surface area contributed by atoms with Crippen molar-refractivity contribution in [2.45, 2.75) is 32.7 Å². The predicted molar refractivity (Wildman–Crippen MR) is 89.6 cm³/mol. The molecule has 0 radical (unpaired) electrons. The molecule has 1 atom stereocenters. The van der Waals surface area contributed by atoms with E-state index in [4.69, 9.17) is 10.2 Å². The molecule has 0 aliphatic heterocycles. The number of nitrogens with zero attached hydrogens (tertiary/aromatic N) is 2. The van der Waals surface area contributed by atoms with Crippen molar-refractivity contribution in [3.05, 3.63) is 40.0 Å². The van der Waals surface area contributed by atoms with Crippen molar-refractivity contribution in [1.82, 2.24) is 9.55 Å². The molecule has 1 amide bonds. The van der Waals surface area contributed by atoms with E-state index in [0.717, 1.165) is 0 Å². The summed E-state index contributed by atoms with van der Waals surface area (Å²) in [5.74, 6) is 0.584. The van der Waals surface area contributed by atoms with E-state index >= 15 is 0 Å². The number of thiophene rings is 1. The van der Waals surface area contributed by atoms with Crippen molar-refractivity contribution in [3.8, 4) is 11.3 Å². The Morgan fingerprint density at radius 2 is 2.13 bits per heavy atom. The van der Waals surface area contributed by atoms with Crippen molar-refractivity contribution < 1.29 is 9.21 Å². The second kappa shape index (κ2) is 5.66. The Bertz CT molecular complexity index is 922. The van der Waals surface area contributed by atoms with Gasteiger partial charge in [0.05, 0.1) is 11.6 Å². The summed E-state index contributed by atoms with van der Waals surface area (Å²) in [7, 11) is 0. The summed E-state index contributed by atoms with van der Waals surface area (Å²) >= 11 is 1.39. The lowest BCUT2D eigenvalue weighted by atomic mass is 10.1. The first-order valence-corrected chi connectivity index (χ1v) is 8.16. The Labute approximate surface area is 136 Å². The molecule has 3 aromatic rings. The Kier molecular flexibility index (Phi) is 3.81. The second-order valence-electron chi connectivity index (χ2n) is 5.69. The largest absolute Gasteiger partial charge is 0.464 e. The maximum Gasteiger partial charge on any atom is 0.263 e. The zero-order chi connectivity index (χ0) is 16.7. The normalized spacial score (nSPS) is 12.9. The fourth-order valence-corrected chi connectivity index (χ4v) is 3.47. The lowest BCUT2D eigenvalue weighted by Gasteiger charge is -2.18. The van der Waals surface area contributed by atoms with Crippen LogP contribution in [0.4, 0.5) is 0 Å². The Morgan fingerprint density at radius 1 is 1.39 bits per heavy atom. The summed E-state index contributed by atoms with van der Waals surface area (Å²) < 4.78 is 6.80. The van der Waals surface area contributed by atoms with Crippen LogP contribution in [0.5, 0.6) is 0 Å². The van der Waals surface area contributed by atoms with Crippen molar-refractivity contribution in [2.24, 2.45) is 5.73 Å². The summed E-state index contributed by atoms with van der Waals surface area (Å²) in [6, 6.07) is 2.79. The molecule has 0 bridgehead atoms. The van der Waals surface area contributed by atoms with Crippen molar-refractivity contribution in [3.63, 3.8) is 0 Å². The van der Waals surface area contributed by atoms with Gasteiger partial charge in [-0.2, -0.15) is 0 Å². The average molecular weight is 331 g/mol. The van der Waals surface area contributed by atoms with Gasteiger partial charge in [-0.3, -0.25) is 14.2 Å². The molecule has 1 unspecified atom stereocenters. The SMILES string of the molecule is CC(C)c1nc2scc(-c3ccco3)c2c(=O)n1C(C)C(N)=O. The van der Waals surface area contributed by atoms with Gasteiger partial charge in [-0.25, -0.2) is 4.98 Å². The summed E-state index contributed by atoms with van der Waals surface area (Å²) in [6.07, 6.45) is 1.55. The third-order valence-electron chi connectivity index (χ3n) is 3.77. The van der Waals surface area contributed by atoms with Crippen LogP contribution in [0.3, 0.4) is 0 Å². The lowest BCUT2D eigenvalue weighted by Crippen LogP contribution is -2.35. The van der Waals surface area contributed by atoms with Gasteiger partial charge < -0.3 is 10.2 Å². The van der Waals surface area contributed by atoms with E-state index in [-0.39, 0.29) is 11.5 Å². The van der Waals surface area contributed by atoms with Crippen LogP contribution in [0.15, 0.2) is 33.0 Å². The van der Waals surface area contributed by atoms with Gasteiger partial charge in [0.25, 0.3) is 5.56 Å². The third kappa shape index (κ3) is 2.46. The minimum atomic E-state index is -0.763. The first-order chi connectivity index (χ1) is 10.9. The fourth-order valence-electron chi connectivity index (χ4n) is 2.54. The monoisotopic (exact) mass is 331 g/mol. The summed E-state index contributed by atoms with van der Waals surface area (Å²) in [6.45, 7) is 5.47. The van der Waals surface area contributed by atoms with Gasteiger partial charge in [0, 0.05) is 16.9 Å².